The van der Waals surface area contributed by atoms with Crippen molar-refractivity contribution in [1.29, 1.82) is 0 Å². The number of hydrogen-bond acceptors (Lipinski definition) is 2. The molecule has 0 aliphatic heterocycles. The van der Waals surface area contributed by atoms with Crippen molar-refractivity contribution in [3.63, 3.8) is 0 Å². The van der Waals surface area contributed by atoms with E-state index < -0.39 is 0 Å². The topological polar surface area (TPSA) is 34.9 Å². The van der Waals surface area contributed by atoms with E-state index in [0.29, 0.717) is 6.42 Å². The number of rotatable bonds is 2. The van der Waals surface area contributed by atoms with Gasteiger partial charge in [-0.3, -0.25) is 4.79 Å². The molecule has 1 aliphatic carbocycles. The first-order chi connectivity index (χ1) is 12.0. The molecule has 1 aromatic heterocycles. The van der Waals surface area contributed by atoms with E-state index >= 15 is 0 Å². The summed E-state index contributed by atoms with van der Waals surface area (Å²) >= 11 is 0. The molecule has 0 saturated heterocycles. The highest BCUT2D eigenvalue weighted by Crippen LogP contribution is 2.35. The molecule has 0 bridgehead atoms. The molecule has 4 rings (SSSR count). The standard InChI is InChI=1S/C22H22N2O/c1-14-7-9-19(10-8-14)24-20-12-18(17-6-4-5-15(2)11-17)13-21(25)22(20)16(3)23-24/h4-11,18H,12-13H2,1-3H3/t18-/m1/s1. The zero-order chi connectivity index (χ0) is 17.6. The molecule has 0 unspecified atom stereocenters. The minimum Gasteiger partial charge on any atom is -0.294 e. The SMILES string of the molecule is Cc1ccc(-n2nc(C)c3c2C[C@@H](c2cccc(C)c2)CC3=O)cc1. The quantitative estimate of drug-likeness (QED) is 0.682. The molecular weight excluding hydrogens is 308 g/mol. The van der Waals surface area contributed by atoms with Gasteiger partial charge in [-0.05, 0) is 50.8 Å². The van der Waals surface area contributed by atoms with Crippen LogP contribution in [0, 0.1) is 20.8 Å². The zero-order valence-electron chi connectivity index (χ0n) is 14.9. The van der Waals surface area contributed by atoms with Gasteiger partial charge in [-0.2, -0.15) is 5.10 Å². The minimum absolute atomic E-state index is 0.212. The van der Waals surface area contributed by atoms with E-state index in [4.69, 9.17) is 0 Å². The van der Waals surface area contributed by atoms with E-state index in [1.54, 1.807) is 0 Å². The van der Waals surface area contributed by atoms with Crippen molar-refractivity contribution in [2.45, 2.75) is 39.5 Å². The molecule has 1 heterocycles. The van der Waals surface area contributed by atoms with Crippen molar-refractivity contribution < 1.29 is 4.79 Å². The van der Waals surface area contributed by atoms with Crippen molar-refractivity contribution in [3.8, 4) is 5.69 Å². The lowest BCUT2D eigenvalue weighted by Gasteiger charge is -2.23. The number of aryl methyl sites for hydroxylation is 3. The van der Waals surface area contributed by atoms with Gasteiger partial charge in [0.1, 0.15) is 0 Å². The Labute approximate surface area is 148 Å². The molecule has 126 valence electrons. The summed E-state index contributed by atoms with van der Waals surface area (Å²) in [6.07, 6.45) is 1.41. The zero-order valence-corrected chi connectivity index (χ0v) is 14.9. The van der Waals surface area contributed by atoms with E-state index in [1.807, 2.05) is 11.6 Å². The highest BCUT2D eigenvalue weighted by Gasteiger charge is 2.32. The van der Waals surface area contributed by atoms with Crippen LogP contribution in [0.3, 0.4) is 0 Å². The second-order valence-electron chi connectivity index (χ2n) is 7.10. The number of fused-ring (bicyclic) bond motifs is 1. The van der Waals surface area contributed by atoms with Gasteiger partial charge in [-0.1, -0.05) is 47.5 Å². The van der Waals surface area contributed by atoms with Gasteiger partial charge in [0.2, 0.25) is 0 Å². The number of benzene rings is 2. The van der Waals surface area contributed by atoms with Gasteiger partial charge in [-0.15, -0.1) is 0 Å². The van der Waals surface area contributed by atoms with E-state index in [9.17, 15) is 4.79 Å². The average Bonchev–Trinajstić information content (AvgIpc) is 2.93. The maximum absolute atomic E-state index is 12.8. The Bertz CT molecular complexity index is 951. The lowest BCUT2D eigenvalue weighted by atomic mass is 9.81. The highest BCUT2D eigenvalue weighted by atomic mass is 16.1. The van der Waals surface area contributed by atoms with Crippen LogP contribution in [-0.2, 0) is 6.42 Å². The minimum atomic E-state index is 0.212. The van der Waals surface area contributed by atoms with Crippen molar-refractivity contribution in [3.05, 3.63) is 82.2 Å². The second kappa shape index (κ2) is 5.99. The molecule has 0 radical (unpaired) electrons. The molecule has 2 aromatic carbocycles. The van der Waals surface area contributed by atoms with Gasteiger partial charge in [0.05, 0.1) is 22.6 Å². The normalized spacial score (nSPS) is 16.8. The van der Waals surface area contributed by atoms with E-state index in [2.05, 4.69) is 67.5 Å². The summed E-state index contributed by atoms with van der Waals surface area (Å²) < 4.78 is 1.96. The molecule has 0 saturated carbocycles. The molecule has 1 aliphatic rings. The second-order valence-corrected chi connectivity index (χ2v) is 7.10. The molecule has 3 nitrogen and oxygen atoms in total. The van der Waals surface area contributed by atoms with Gasteiger partial charge >= 0.3 is 0 Å². The summed E-state index contributed by atoms with van der Waals surface area (Å²) in [5, 5.41) is 4.68. The molecule has 3 aromatic rings. The van der Waals surface area contributed by atoms with Crippen LogP contribution in [0.2, 0.25) is 0 Å². The summed E-state index contributed by atoms with van der Waals surface area (Å²) in [6, 6.07) is 16.8. The van der Waals surface area contributed by atoms with Crippen LogP contribution in [-0.4, -0.2) is 15.6 Å². The summed E-state index contributed by atoms with van der Waals surface area (Å²) in [7, 11) is 0. The highest BCUT2D eigenvalue weighted by molar-refractivity contribution is 6.00. The Balaban J connectivity index is 1.79. The molecule has 25 heavy (non-hydrogen) atoms. The maximum Gasteiger partial charge on any atom is 0.167 e. The summed E-state index contributed by atoms with van der Waals surface area (Å²) in [5.41, 5.74) is 7.42. The average molecular weight is 330 g/mol. The lowest BCUT2D eigenvalue weighted by Crippen LogP contribution is -2.20. The van der Waals surface area contributed by atoms with Crippen LogP contribution in [0.5, 0.6) is 0 Å². The predicted molar refractivity (Wildman–Crippen MR) is 99.6 cm³/mol. The molecule has 0 amide bonds. The van der Waals surface area contributed by atoms with Crippen LogP contribution in [0.1, 0.15) is 50.8 Å². The van der Waals surface area contributed by atoms with Gasteiger partial charge in [0.25, 0.3) is 0 Å². The number of nitrogens with zero attached hydrogens (tertiary/aromatic N) is 2. The molecule has 1 atom stereocenters. The number of ketones is 1. The molecule has 0 fully saturated rings. The molecule has 3 heteroatoms. The largest absolute Gasteiger partial charge is 0.294 e. The lowest BCUT2D eigenvalue weighted by molar-refractivity contribution is 0.0963. The van der Waals surface area contributed by atoms with Gasteiger partial charge in [0.15, 0.2) is 5.78 Å². The smallest absolute Gasteiger partial charge is 0.167 e. The third kappa shape index (κ3) is 2.80. The Kier molecular flexibility index (Phi) is 3.79. The first kappa shape index (κ1) is 15.8. The first-order valence-electron chi connectivity index (χ1n) is 8.78. The predicted octanol–water partition coefficient (Wildman–Crippen LogP) is 4.71. The van der Waals surface area contributed by atoms with E-state index in [1.165, 1.54) is 16.7 Å². The summed E-state index contributed by atoms with van der Waals surface area (Å²) in [6.45, 7) is 6.11. The van der Waals surface area contributed by atoms with Gasteiger partial charge in [-0.25, -0.2) is 4.68 Å². The van der Waals surface area contributed by atoms with Crippen molar-refractivity contribution in [1.82, 2.24) is 9.78 Å². The van der Waals surface area contributed by atoms with Gasteiger partial charge in [0, 0.05) is 6.42 Å². The Hall–Kier alpha value is -2.68. The van der Waals surface area contributed by atoms with Gasteiger partial charge < -0.3 is 0 Å². The van der Waals surface area contributed by atoms with E-state index in [-0.39, 0.29) is 11.7 Å². The maximum atomic E-state index is 12.8. The fraction of sp³-hybridized carbons (Fsp3) is 0.273. The van der Waals surface area contributed by atoms with Crippen LogP contribution in [0.25, 0.3) is 5.69 Å². The number of carbonyl (C=O) groups excluding carboxylic acids is 1. The fourth-order valence-corrected chi connectivity index (χ4v) is 3.82. The van der Waals surface area contributed by atoms with Crippen LogP contribution >= 0.6 is 0 Å². The van der Waals surface area contributed by atoms with Crippen molar-refractivity contribution in [2.75, 3.05) is 0 Å². The van der Waals surface area contributed by atoms with Crippen molar-refractivity contribution in [2.24, 2.45) is 0 Å². The van der Waals surface area contributed by atoms with Crippen LogP contribution in [0.15, 0.2) is 48.5 Å². The van der Waals surface area contributed by atoms with Crippen molar-refractivity contribution >= 4 is 5.78 Å². The third-order valence-corrected chi connectivity index (χ3v) is 5.10. The van der Waals surface area contributed by atoms with Crippen LogP contribution < -0.4 is 0 Å². The Morgan fingerprint density at radius 1 is 0.960 bits per heavy atom. The molecule has 0 N–H and O–H groups in total. The first-order valence-corrected chi connectivity index (χ1v) is 8.78. The summed E-state index contributed by atoms with van der Waals surface area (Å²) in [4.78, 5) is 12.8. The fourth-order valence-electron chi connectivity index (χ4n) is 3.82. The monoisotopic (exact) mass is 330 g/mol. The number of carbonyl (C=O) groups is 1. The Morgan fingerprint density at radius 2 is 1.72 bits per heavy atom. The summed E-state index contributed by atoms with van der Waals surface area (Å²) in [5.74, 6) is 0.434. The third-order valence-electron chi connectivity index (χ3n) is 5.10. The van der Waals surface area contributed by atoms with E-state index in [0.717, 1.165) is 29.1 Å². The number of hydrogen-bond donors (Lipinski definition) is 0. The Morgan fingerprint density at radius 3 is 2.44 bits per heavy atom. The van der Waals surface area contributed by atoms with Crippen LogP contribution in [0.4, 0.5) is 0 Å². The molecular formula is C22H22N2O. The number of Topliss-reactive ketones (excluding diaryl/α,β-unsaturated/α-hetero) is 1. The number of aromatic nitrogens is 2. The molecule has 0 spiro atoms.